The fourth-order valence-electron chi connectivity index (χ4n) is 4.70. The number of alkyl halides is 3. The molecule has 2 saturated carbocycles. The van der Waals surface area contributed by atoms with Crippen LogP contribution in [0.15, 0.2) is 24.3 Å². The number of anilines is 1. The summed E-state index contributed by atoms with van der Waals surface area (Å²) in [5, 5.41) is 10.8. The molecule has 7 heteroatoms. The lowest BCUT2D eigenvalue weighted by Gasteiger charge is -2.41. The van der Waals surface area contributed by atoms with E-state index in [4.69, 9.17) is 4.74 Å². The van der Waals surface area contributed by atoms with Gasteiger partial charge in [-0.3, -0.25) is 4.79 Å². The SMILES string of the molecule is C[C@@H](Oc1ccc(N2CC[C@]3(CC[C@](O)(C4CC4)CC3)C2=O)cc1)C(F)(F)F. The Kier molecular flexibility index (Phi) is 4.64. The fourth-order valence-corrected chi connectivity index (χ4v) is 4.70. The monoisotopic (exact) mass is 397 g/mol. The highest BCUT2D eigenvalue weighted by molar-refractivity contribution is 6.00. The van der Waals surface area contributed by atoms with Gasteiger partial charge >= 0.3 is 6.18 Å². The van der Waals surface area contributed by atoms with Gasteiger partial charge in [0.1, 0.15) is 5.75 Å². The molecular weight excluding hydrogens is 371 g/mol. The highest BCUT2D eigenvalue weighted by Gasteiger charge is 2.54. The summed E-state index contributed by atoms with van der Waals surface area (Å²) in [4.78, 5) is 14.9. The van der Waals surface area contributed by atoms with Crippen molar-refractivity contribution in [2.24, 2.45) is 11.3 Å². The molecule has 1 saturated heterocycles. The number of carbonyl (C=O) groups is 1. The van der Waals surface area contributed by atoms with Crippen LogP contribution in [-0.4, -0.2) is 35.4 Å². The molecule has 1 N–H and O–H groups in total. The number of rotatable bonds is 4. The minimum atomic E-state index is -4.42. The van der Waals surface area contributed by atoms with E-state index in [1.54, 1.807) is 17.0 Å². The molecule has 0 unspecified atom stereocenters. The van der Waals surface area contributed by atoms with E-state index in [1.165, 1.54) is 12.1 Å². The van der Waals surface area contributed by atoms with E-state index < -0.39 is 23.3 Å². The Hall–Kier alpha value is -1.76. The maximum Gasteiger partial charge on any atom is 0.425 e. The second-order valence-corrected chi connectivity index (χ2v) is 8.66. The number of nitrogens with zero attached hydrogens (tertiary/aromatic N) is 1. The second-order valence-electron chi connectivity index (χ2n) is 8.66. The van der Waals surface area contributed by atoms with Gasteiger partial charge in [0.15, 0.2) is 6.10 Å². The van der Waals surface area contributed by atoms with Crippen molar-refractivity contribution in [2.75, 3.05) is 11.4 Å². The summed E-state index contributed by atoms with van der Waals surface area (Å²) < 4.78 is 42.8. The van der Waals surface area contributed by atoms with E-state index in [9.17, 15) is 23.1 Å². The summed E-state index contributed by atoms with van der Waals surface area (Å²) in [6.07, 6.45) is -0.592. The normalized spacial score (nSPS) is 32.0. The molecule has 3 fully saturated rings. The molecule has 1 aromatic rings. The van der Waals surface area contributed by atoms with Crippen LogP contribution in [0.1, 0.15) is 51.9 Å². The van der Waals surface area contributed by atoms with Crippen LogP contribution >= 0.6 is 0 Å². The topological polar surface area (TPSA) is 49.8 Å². The fraction of sp³-hybridized carbons (Fsp3) is 0.667. The molecule has 1 aliphatic heterocycles. The molecule has 1 atom stereocenters. The minimum absolute atomic E-state index is 0.0719. The van der Waals surface area contributed by atoms with Gasteiger partial charge in [-0.2, -0.15) is 13.2 Å². The summed E-state index contributed by atoms with van der Waals surface area (Å²) in [7, 11) is 0. The molecule has 0 radical (unpaired) electrons. The predicted octanol–water partition coefficient (Wildman–Crippen LogP) is 4.45. The van der Waals surface area contributed by atoms with Gasteiger partial charge in [-0.15, -0.1) is 0 Å². The standard InChI is InChI=1S/C21H26F3NO3/c1-14(21(22,23)24)28-17-6-4-16(5-7-17)25-13-12-19(18(25)26)8-10-20(27,11-9-19)15-2-3-15/h4-7,14-15,27H,2-3,8-13H2,1H3/t14-,19-,20-/m1/s1. The lowest BCUT2D eigenvalue weighted by atomic mass is 9.66. The molecule has 1 aromatic carbocycles. The van der Waals surface area contributed by atoms with Crippen molar-refractivity contribution in [2.45, 2.75) is 69.8 Å². The van der Waals surface area contributed by atoms with Gasteiger partial charge in [0.2, 0.25) is 5.91 Å². The van der Waals surface area contributed by atoms with Crippen molar-refractivity contribution < 1.29 is 27.8 Å². The van der Waals surface area contributed by atoms with Gasteiger partial charge in [-0.25, -0.2) is 0 Å². The van der Waals surface area contributed by atoms with Crippen molar-refractivity contribution >= 4 is 11.6 Å². The van der Waals surface area contributed by atoms with Crippen LogP contribution in [0.5, 0.6) is 5.75 Å². The first-order valence-corrected chi connectivity index (χ1v) is 10.0. The van der Waals surface area contributed by atoms with E-state index in [-0.39, 0.29) is 11.7 Å². The molecule has 2 aliphatic carbocycles. The van der Waals surface area contributed by atoms with E-state index in [1.807, 2.05) is 0 Å². The molecular formula is C21H26F3NO3. The highest BCUT2D eigenvalue weighted by atomic mass is 19.4. The summed E-state index contributed by atoms with van der Waals surface area (Å²) in [6, 6.07) is 6.22. The Balaban J connectivity index is 1.41. The van der Waals surface area contributed by atoms with Crippen molar-refractivity contribution in [3.63, 3.8) is 0 Å². The average Bonchev–Trinajstić information content (AvgIpc) is 3.45. The van der Waals surface area contributed by atoms with Gasteiger partial charge < -0.3 is 14.7 Å². The smallest absolute Gasteiger partial charge is 0.425 e. The Labute approximate surface area is 162 Å². The number of amides is 1. The average molecular weight is 397 g/mol. The van der Waals surface area contributed by atoms with Crippen molar-refractivity contribution in [1.82, 2.24) is 0 Å². The largest absolute Gasteiger partial charge is 0.481 e. The zero-order valence-electron chi connectivity index (χ0n) is 16.0. The molecule has 154 valence electrons. The van der Waals surface area contributed by atoms with Gasteiger partial charge in [0.25, 0.3) is 0 Å². The lowest BCUT2D eigenvalue weighted by molar-refractivity contribution is -0.189. The number of hydrogen-bond acceptors (Lipinski definition) is 3. The zero-order chi connectivity index (χ0) is 20.2. The van der Waals surface area contributed by atoms with Crippen LogP contribution in [0, 0.1) is 11.3 Å². The number of aliphatic hydroxyl groups is 1. The molecule has 3 aliphatic rings. The molecule has 0 bridgehead atoms. The van der Waals surface area contributed by atoms with Crippen molar-refractivity contribution in [3.8, 4) is 5.75 Å². The third-order valence-electron chi connectivity index (χ3n) is 6.85. The first-order chi connectivity index (χ1) is 13.1. The predicted molar refractivity (Wildman–Crippen MR) is 98.1 cm³/mol. The van der Waals surface area contributed by atoms with Crippen molar-refractivity contribution in [3.05, 3.63) is 24.3 Å². The summed E-state index contributed by atoms with van der Waals surface area (Å²) >= 11 is 0. The highest BCUT2D eigenvalue weighted by Crippen LogP contribution is 2.54. The first-order valence-electron chi connectivity index (χ1n) is 10.0. The van der Waals surface area contributed by atoms with Gasteiger partial charge in [-0.1, -0.05) is 0 Å². The number of carbonyl (C=O) groups excluding carboxylic acids is 1. The van der Waals surface area contributed by atoms with Crippen LogP contribution in [-0.2, 0) is 4.79 Å². The number of halogens is 3. The van der Waals surface area contributed by atoms with Crippen LogP contribution < -0.4 is 9.64 Å². The Morgan fingerprint density at radius 3 is 2.25 bits per heavy atom. The zero-order valence-corrected chi connectivity index (χ0v) is 16.0. The first kappa shape index (κ1) is 19.6. The molecule has 1 spiro atoms. The molecule has 1 heterocycles. The molecule has 28 heavy (non-hydrogen) atoms. The third kappa shape index (κ3) is 3.49. The second kappa shape index (κ2) is 6.65. The number of ether oxygens (including phenoxy) is 1. The maximum absolute atomic E-state index is 13.1. The van der Waals surface area contributed by atoms with Crippen LogP contribution in [0.2, 0.25) is 0 Å². The third-order valence-corrected chi connectivity index (χ3v) is 6.85. The Morgan fingerprint density at radius 2 is 1.71 bits per heavy atom. The molecule has 4 rings (SSSR count). The Morgan fingerprint density at radius 1 is 1.11 bits per heavy atom. The quantitative estimate of drug-likeness (QED) is 0.816. The van der Waals surface area contributed by atoms with E-state index in [0.717, 1.165) is 26.2 Å². The number of benzene rings is 1. The Bertz CT molecular complexity index is 734. The molecule has 1 amide bonds. The molecule has 4 nitrogen and oxygen atoms in total. The number of hydrogen-bond donors (Lipinski definition) is 1. The van der Waals surface area contributed by atoms with E-state index in [2.05, 4.69) is 0 Å². The van der Waals surface area contributed by atoms with Gasteiger partial charge in [0.05, 0.1) is 11.0 Å². The summed E-state index contributed by atoms with van der Waals surface area (Å²) in [5.41, 5.74) is -0.314. The lowest BCUT2D eigenvalue weighted by Crippen LogP contribution is -2.44. The van der Waals surface area contributed by atoms with Crippen LogP contribution in [0.4, 0.5) is 18.9 Å². The van der Waals surface area contributed by atoms with Gasteiger partial charge in [-0.05, 0) is 82.1 Å². The molecule has 0 aromatic heterocycles. The van der Waals surface area contributed by atoms with E-state index in [0.29, 0.717) is 43.8 Å². The van der Waals surface area contributed by atoms with Crippen LogP contribution in [0.3, 0.4) is 0 Å². The summed E-state index contributed by atoms with van der Waals surface area (Å²) in [6.45, 7) is 1.56. The van der Waals surface area contributed by atoms with Crippen LogP contribution in [0.25, 0.3) is 0 Å². The van der Waals surface area contributed by atoms with Gasteiger partial charge in [0, 0.05) is 12.2 Å². The summed E-state index contributed by atoms with van der Waals surface area (Å²) in [5.74, 6) is 0.605. The van der Waals surface area contributed by atoms with E-state index >= 15 is 0 Å². The maximum atomic E-state index is 13.1. The van der Waals surface area contributed by atoms with Crippen molar-refractivity contribution in [1.29, 1.82) is 0 Å². The minimum Gasteiger partial charge on any atom is -0.481 e.